The SMILES string of the molecule is CCn1cc(COc2ccccc2Cl)c2cc(C)ccc21. The van der Waals surface area contributed by atoms with Gasteiger partial charge >= 0.3 is 0 Å². The molecule has 3 aromatic rings. The predicted molar refractivity (Wildman–Crippen MR) is 88.1 cm³/mol. The van der Waals surface area contributed by atoms with E-state index in [1.54, 1.807) is 0 Å². The predicted octanol–water partition coefficient (Wildman–Crippen LogP) is 5.20. The van der Waals surface area contributed by atoms with Crippen LogP contribution < -0.4 is 4.74 Å². The molecule has 3 heteroatoms. The molecule has 0 amide bonds. The second-order valence-corrected chi connectivity index (χ2v) is 5.59. The van der Waals surface area contributed by atoms with Crippen molar-refractivity contribution in [1.29, 1.82) is 0 Å². The van der Waals surface area contributed by atoms with Gasteiger partial charge in [-0.15, -0.1) is 0 Å². The van der Waals surface area contributed by atoms with E-state index >= 15 is 0 Å². The number of aromatic nitrogens is 1. The van der Waals surface area contributed by atoms with Crippen LogP contribution in [0.3, 0.4) is 0 Å². The van der Waals surface area contributed by atoms with Gasteiger partial charge in [-0.2, -0.15) is 0 Å². The molecular formula is C18H18ClNO. The van der Waals surface area contributed by atoms with Crippen molar-refractivity contribution in [2.45, 2.75) is 27.0 Å². The Morgan fingerprint density at radius 1 is 1.14 bits per heavy atom. The molecular weight excluding hydrogens is 282 g/mol. The van der Waals surface area contributed by atoms with Gasteiger partial charge in [0.25, 0.3) is 0 Å². The average molecular weight is 300 g/mol. The monoisotopic (exact) mass is 299 g/mol. The van der Waals surface area contributed by atoms with E-state index in [2.05, 4.69) is 42.8 Å². The Bertz CT molecular complexity index is 776. The molecule has 0 unspecified atom stereocenters. The maximum atomic E-state index is 6.14. The molecule has 0 aliphatic heterocycles. The molecule has 0 saturated heterocycles. The number of nitrogens with zero attached hydrogens (tertiary/aromatic N) is 1. The summed E-state index contributed by atoms with van der Waals surface area (Å²) in [4.78, 5) is 0. The van der Waals surface area contributed by atoms with Crippen LogP contribution in [0.25, 0.3) is 10.9 Å². The van der Waals surface area contributed by atoms with Gasteiger partial charge in [-0.05, 0) is 38.1 Å². The molecule has 0 saturated carbocycles. The van der Waals surface area contributed by atoms with Crippen LogP contribution in [-0.2, 0) is 13.2 Å². The van der Waals surface area contributed by atoms with E-state index in [1.165, 1.54) is 22.0 Å². The highest BCUT2D eigenvalue weighted by molar-refractivity contribution is 6.32. The summed E-state index contributed by atoms with van der Waals surface area (Å²) in [7, 11) is 0. The first kappa shape index (κ1) is 14.0. The van der Waals surface area contributed by atoms with Crippen molar-refractivity contribution < 1.29 is 4.74 Å². The van der Waals surface area contributed by atoms with Crippen LogP contribution in [0.1, 0.15) is 18.1 Å². The molecule has 2 nitrogen and oxygen atoms in total. The fourth-order valence-corrected chi connectivity index (χ4v) is 2.77. The number of benzene rings is 2. The van der Waals surface area contributed by atoms with E-state index in [0.29, 0.717) is 11.6 Å². The largest absolute Gasteiger partial charge is 0.487 e. The minimum Gasteiger partial charge on any atom is -0.487 e. The molecule has 0 fully saturated rings. The van der Waals surface area contributed by atoms with Crippen molar-refractivity contribution >= 4 is 22.5 Å². The van der Waals surface area contributed by atoms with E-state index in [1.807, 2.05) is 24.3 Å². The quantitative estimate of drug-likeness (QED) is 0.645. The summed E-state index contributed by atoms with van der Waals surface area (Å²) in [6.07, 6.45) is 2.17. The number of aryl methyl sites for hydroxylation is 2. The number of para-hydroxylation sites is 1. The first-order valence-electron chi connectivity index (χ1n) is 7.14. The van der Waals surface area contributed by atoms with Crippen LogP contribution in [0, 0.1) is 6.92 Å². The molecule has 2 aromatic carbocycles. The van der Waals surface area contributed by atoms with Crippen LogP contribution >= 0.6 is 11.6 Å². The molecule has 0 aliphatic rings. The third kappa shape index (κ3) is 2.77. The van der Waals surface area contributed by atoms with Gasteiger partial charge in [0.15, 0.2) is 0 Å². The lowest BCUT2D eigenvalue weighted by atomic mass is 10.1. The zero-order valence-electron chi connectivity index (χ0n) is 12.3. The van der Waals surface area contributed by atoms with Crippen molar-refractivity contribution in [2.75, 3.05) is 0 Å². The van der Waals surface area contributed by atoms with Gasteiger partial charge in [0.1, 0.15) is 12.4 Å². The van der Waals surface area contributed by atoms with Gasteiger partial charge in [0, 0.05) is 29.2 Å². The fourth-order valence-electron chi connectivity index (χ4n) is 2.58. The lowest BCUT2D eigenvalue weighted by Gasteiger charge is -2.07. The Kier molecular flexibility index (Phi) is 3.89. The second-order valence-electron chi connectivity index (χ2n) is 5.18. The molecule has 0 bridgehead atoms. The Balaban J connectivity index is 1.93. The zero-order chi connectivity index (χ0) is 14.8. The van der Waals surface area contributed by atoms with Gasteiger partial charge in [0.05, 0.1) is 5.02 Å². The highest BCUT2D eigenvalue weighted by Gasteiger charge is 2.09. The summed E-state index contributed by atoms with van der Waals surface area (Å²) in [5.41, 5.74) is 3.70. The van der Waals surface area contributed by atoms with Gasteiger partial charge in [-0.3, -0.25) is 0 Å². The standard InChI is InChI=1S/C18H18ClNO/c1-3-20-11-14(15-10-13(2)8-9-17(15)20)12-21-18-7-5-4-6-16(18)19/h4-11H,3,12H2,1-2H3. The Hall–Kier alpha value is -1.93. The third-order valence-corrected chi connectivity index (χ3v) is 3.99. The Labute approximate surface area is 129 Å². The fraction of sp³-hybridized carbons (Fsp3) is 0.222. The van der Waals surface area contributed by atoms with Crippen LogP contribution in [0.5, 0.6) is 5.75 Å². The molecule has 1 heterocycles. The summed E-state index contributed by atoms with van der Waals surface area (Å²) in [6, 6.07) is 14.1. The third-order valence-electron chi connectivity index (χ3n) is 3.68. The summed E-state index contributed by atoms with van der Waals surface area (Å²) < 4.78 is 8.13. The molecule has 108 valence electrons. The van der Waals surface area contributed by atoms with E-state index in [0.717, 1.165) is 12.3 Å². The smallest absolute Gasteiger partial charge is 0.138 e. The highest BCUT2D eigenvalue weighted by Crippen LogP contribution is 2.27. The Morgan fingerprint density at radius 3 is 2.71 bits per heavy atom. The minimum atomic E-state index is 0.524. The number of rotatable bonds is 4. The molecule has 21 heavy (non-hydrogen) atoms. The van der Waals surface area contributed by atoms with Gasteiger partial charge in [0.2, 0.25) is 0 Å². The molecule has 1 aromatic heterocycles. The van der Waals surface area contributed by atoms with Gasteiger partial charge < -0.3 is 9.30 Å². The van der Waals surface area contributed by atoms with Crippen LogP contribution in [0.15, 0.2) is 48.7 Å². The number of halogens is 1. The lowest BCUT2D eigenvalue weighted by molar-refractivity contribution is 0.307. The number of hydrogen-bond acceptors (Lipinski definition) is 1. The van der Waals surface area contributed by atoms with E-state index in [4.69, 9.17) is 16.3 Å². The first-order valence-corrected chi connectivity index (χ1v) is 7.52. The normalized spacial score (nSPS) is 11.0. The van der Waals surface area contributed by atoms with E-state index in [-0.39, 0.29) is 0 Å². The first-order chi connectivity index (χ1) is 10.2. The minimum absolute atomic E-state index is 0.524. The molecule has 3 rings (SSSR count). The molecule has 0 N–H and O–H groups in total. The van der Waals surface area contributed by atoms with Gasteiger partial charge in [-0.1, -0.05) is 35.4 Å². The van der Waals surface area contributed by atoms with Crippen LogP contribution in [0.4, 0.5) is 0 Å². The van der Waals surface area contributed by atoms with Crippen molar-refractivity contribution in [1.82, 2.24) is 4.57 Å². The molecule has 0 atom stereocenters. The Morgan fingerprint density at radius 2 is 1.95 bits per heavy atom. The van der Waals surface area contributed by atoms with E-state index < -0.39 is 0 Å². The lowest BCUT2D eigenvalue weighted by Crippen LogP contribution is -1.95. The van der Waals surface area contributed by atoms with Crippen molar-refractivity contribution in [3.63, 3.8) is 0 Å². The summed E-state index contributed by atoms with van der Waals surface area (Å²) in [6.45, 7) is 5.74. The van der Waals surface area contributed by atoms with Gasteiger partial charge in [-0.25, -0.2) is 0 Å². The van der Waals surface area contributed by atoms with Crippen molar-refractivity contribution in [3.05, 3.63) is 64.8 Å². The molecule has 0 aliphatic carbocycles. The van der Waals surface area contributed by atoms with E-state index in [9.17, 15) is 0 Å². The summed E-state index contributed by atoms with van der Waals surface area (Å²) in [5.74, 6) is 0.726. The molecule has 0 radical (unpaired) electrons. The molecule has 0 spiro atoms. The number of fused-ring (bicyclic) bond motifs is 1. The van der Waals surface area contributed by atoms with Crippen molar-refractivity contribution in [3.8, 4) is 5.75 Å². The van der Waals surface area contributed by atoms with Crippen LogP contribution in [-0.4, -0.2) is 4.57 Å². The zero-order valence-corrected chi connectivity index (χ0v) is 13.0. The summed E-state index contributed by atoms with van der Waals surface area (Å²) in [5, 5.41) is 1.90. The number of hydrogen-bond donors (Lipinski definition) is 0. The second kappa shape index (κ2) is 5.82. The van der Waals surface area contributed by atoms with Crippen molar-refractivity contribution in [2.24, 2.45) is 0 Å². The summed E-state index contributed by atoms with van der Waals surface area (Å²) >= 11 is 6.14. The number of ether oxygens (including phenoxy) is 1. The highest BCUT2D eigenvalue weighted by atomic mass is 35.5. The topological polar surface area (TPSA) is 14.2 Å². The maximum absolute atomic E-state index is 6.14. The average Bonchev–Trinajstić information content (AvgIpc) is 2.83. The van der Waals surface area contributed by atoms with Crippen LogP contribution in [0.2, 0.25) is 5.02 Å². The maximum Gasteiger partial charge on any atom is 0.138 e.